The van der Waals surface area contributed by atoms with Crippen LogP contribution in [0.4, 0.5) is 4.79 Å². The Kier molecular flexibility index (Phi) is 3.34. The normalized spacial score (nSPS) is 20.8. The highest BCUT2D eigenvalue weighted by molar-refractivity contribution is 5.64. The third kappa shape index (κ3) is 3.09. The summed E-state index contributed by atoms with van der Waals surface area (Å²) in [5.74, 6) is 0. The average Bonchev–Trinajstić information content (AvgIpc) is 2.37. The largest absolute Gasteiger partial charge is 0.465 e. The second kappa shape index (κ2) is 4.30. The van der Waals surface area contributed by atoms with Crippen molar-refractivity contribution in [2.75, 3.05) is 19.6 Å². The smallest absolute Gasteiger partial charge is 0.404 e. The molecule has 0 spiro atoms. The number of carbonyl (C=O) groups is 1. The van der Waals surface area contributed by atoms with Crippen LogP contribution in [0.1, 0.15) is 19.8 Å². The van der Waals surface area contributed by atoms with Crippen LogP contribution >= 0.6 is 0 Å². The molecule has 0 bridgehead atoms. The first-order chi connectivity index (χ1) is 5.68. The van der Waals surface area contributed by atoms with Gasteiger partial charge in [0.2, 0.25) is 0 Å². The Labute approximate surface area is 72.6 Å². The van der Waals surface area contributed by atoms with Crippen molar-refractivity contribution in [2.45, 2.75) is 25.8 Å². The third-order valence-corrected chi connectivity index (χ3v) is 2.10. The number of carboxylic acid groups (broad SMARTS) is 1. The van der Waals surface area contributed by atoms with Gasteiger partial charge in [-0.2, -0.15) is 0 Å². The van der Waals surface area contributed by atoms with Gasteiger partial charge in [-0.1, -0.05) is 0 Å². The topological polar surface area (TPSA) is 52.6 Å². The van der Waals surface area contributed by atoms with Crippen LogP contribution in [0.5, 0.6) is 0 Å². The van der Waals surface area contributed by atoms with Gasteiger partial charge < -0.3 is 15.3 Å². The van der Waals surface area contributed by atoms with Gasteiger partial charge in [0.15, 0.2) is 0 Å². The fourth-order valence-corrected chi connectivity index (χ4v) is 1.61. The van der Waals surface area contributed by atoms with E-state index in [0.29, 0.717) is 0 Å². The second-order valence-electron chi connectivity index (χ2n) is 3.36. The average molecular weight is 172 g/mol. The molecule has 12 heavy (non-hydrogen) atoms. The number of nitrogens with one attached hydrogen (secondary N) is 1. The van der Waals surface area contributed by atoms with Gasteiger partial charge in [0.25, 0.3) is 0 Å². The number of rotatable bonds is 3. The van der Waals surface area contributed by atoms with Gasteiger partial charge in [-0.25, -0.2) is 4.79 Å². The van der Waals surface area contributed by atoms with E-state index in [9.17, 15) is 4.79 Å². The lowest BCUT2D eigenvalue weighted by Crippen LogP contribution is -2.40. The molecule has 1 heterocycles. The van der Waals surface area contributed by atoms with Crippen LogP contribution in [0.3, 0.4) is 0 Å². The van der Waals surface area contributed by atoms with Gasteiger partial charge in [0.1, 0.15) is 0 Å². The Morgan fingerprint density at radius 2 is 2.17 bits per heavy atom. The van der Waals surface area contributed by atoms with E-state index in [4.69, 9.17) is 5.11 Å². The van der Waals surface area contributed by atoms with E-state index in [1.807, 2.05) is 6.92 Å². The first-order valence-electron chi connectivity index (χ1n) is 4.40. The third-order valence-electron chi connectivity index (χ3n) is 2.10. The summed E-state index contributed by atoms with van der Waals surface area (Å²) in [4.78, 5) is 12.5. The maximum atomic E-state index is 10.3. The van der Waals surface area contributed by atoms with E-state index in [0.717, 1.165) is 19.6 Å². The fraction of sp³-hybridized carbons (Fsp3) is 0.875. The summed E-state index contributed by atoms with van der Waals surface area (Å²) in [6.45, 7) is 4.97. The van der Waals surface area contributed by atoms with Crippen molar-refractivity contribution < 1.29 is 9.90 Å². The highest BCUT2D eigenvalue weighted by Gasteiger charge is 2.15. The molecule has 1 atom stereocenters. The molecule has 0 radical (unpaired) electrons. The monoisotopic (exact) mass is 172 g/mol. The van der Waals surface area contributed by atoms with Crippen molar-refractivity contribution in [1.29, 1.82) is 0 Å². The van der Waals surface area contributed by atoms with Crippen LogP contribution in [-0.4, -0.2) is 41.8 Å². The molecular weight excluding hydrogens is 156 g/mol. The summed E-state index contributed by atoms with van der Waals surface area (Å²) >= 11 is 0. The van der Waals surface area contributed by atoms with E-state index in [1.54, 1.807) is 0 Å². The molecule has 4 heteroatoms. The van der Waals surface area contributed by atoms with Crippen LogP contribution < -0.4 is 5.32 Å². The predicted octanol–water partition coefficient (Wildman–Crippen LogP) is 0.738. The zero-order chi connectivity index (χ0) is 8.97. The number of nitrogens with zero attached hydrogens (tertiary/aromatic N) is 1. The summed E-state index contributed by atoms with van der Waals surface area (Å²) in [5.41, 5.74) is 0. The van der Waals surface area contributed by atoms with Gasteiger partial charge >= 0.3 is 6.09 Å². The Bertz CT molecular complexity index is 155. The Morgan fingerprint density at radius 3 is 2.67 bits per heavy atom. The minimum Gasteiger partial charge on any atom is -0.465 e. The molecule has 1 aliphatic heterocycles. The molecule has 4 nitrogen and oxygen atoms in total. The maximum absolute atomic E-state index is 10.3. The first kappa shape index (κ1) is 9.32. The van der Waals surface area contributed by atoms with E-state index in [-0.39, 0.29) is 6.04 Å². The molecule has 0 aromatic carbocycles. The molecule has 0 aromatic heterocycles. The summed E-state index contributed by atoms with van der Waals surface area (Å²) < 4.78 is 0. The molecule has 70 valence electrons. The second-order valence-corrected chi connectivity index (χ2v) is 3.36. The standard InChI is InChI=1S/C8H16N2O2/c1-7(9-8(11)12)6-10-4-2-3-5-10/h7,9H,2-6H2,1H3,(H,11,12). The molecule has 2 N–H and O–H groups in total. The van der Waals surface area contributed by atoms with E-state index in [1.165, 1.54) is 12.8 Å². The highest BCUT2D eigenvalue weighted by Crippen LogP contribution is 2.07. The Hall–Kier alpha value is -0.770. The number of hydrogen-bond donors (Lipinski definition) is 2. The Morgan fingerprint density at radius 1 is 1.58 bits per heavy atom. The zero-order valence-corrected chi connectivity index (χ0v) is 7.42. The number of likely N-dealkylation sites (tertiary alicyclic amines) is 1. The predicted molar refractivity (Wildman–Crippen MR) is 46.3 cm³/mol. The van der Waals surface area contributed by atoms with E-state index >= 15 is 0 Å². The fourth-order valence-electron chi connectivity index (χ4n) is 1.61. The summed E-state index contributed by atoms with van der Waals surface area (Å²) in [5, 5.41) is 10.9. The first-order valence-corrected chi connectivity index (χ1v) is 4.40. The van der Waals surface area contributed by atoms with Gasteiger partial charge in [0, 0.05) is 12.6 Å². The lowest BCUT2D eigenvalue weighted by molar-refractivity contribution is 0.186. The van der Waals surface area contributed by atoms with Crippen molar-refractivity contribution in [3.63, 3.8) is 0 Å². The van der Waals surface area contributed by atoms with Crippen LogP contribution in [0.25, 0.3) is 0 Å². The number of hydrogen-bond acceptors (Lipinski definition) is 2. The van der Waals surface area contributed by atoms with Crippen LogP contribution in [0, 0.1) is 0 Å². The molecule has 0 saturated carbocycles. The van der Waals surface area contributed by atoms with Crippen LogP contribution in [0.2, 0.25) is 0 Å². The Balaban J connectivity index is 2.16. The summed E-state index contributed by atoms with van der Waals surface area (Å²) in [6, 6.07) is 0.0422. The molecule has 1 amide bonds. The minimum atomic E-state index is -0.929. The van der Waals surface area contributed by atoms with Crippen molar-refractivity contribution >= 4 is 6.09 Å². The van der Waals surface area contributed by atoms with Gasteiger partial charge in [-0.15, -0.1) is 0 Å². The summed E-state index contributed by atoms with van der Waals surface area (Å²) in [6.07, 6.45) is 1.57. The molecule has 1 fully saturated rings. The van der Waals surface area contributed by atoms with Crippen molar-refractivity contribution in [1.82, 2.24) is 10.2 Å². The lowest BCUT2D eigenvalue weighted by Gasteiger charge is -2.19. The molecular formula is C8H16N2O2. The minimum absolute atomic E-state index is 0.0422. The molecule has 1 unspecified atom stereocenters. The summed E-state index contributed by atoms with van der Waals surface area (Å²) in [7, 11) is 0. The molecule has 1 saturated heterocycles. The SMILES string of the molecule is CC(CN1CCCC1)NC(=O)O. The lowest BCUT2D eigenvalue weighted by atomic mass is 10.3. The van der Waals surface area contributed by atoms with E-state index < -0.39 is 6.09 Å². The quantitative estimate of drug-likeness (QED) is 0.660. The van der Waals surface area contributed by atoms with Gasteiger partial charge in [-0.3, -0.25) is 0 Å². The van der Waals surface area contributed by atoms with E-state index in [2.05, 4.69) is 10.2 Å². The van der Waals surface area contributed by atoms with Gasteiger partial charge in [0.05, 0.1) is 0 Å². The van der Waals surface area contributed by atoms with Crippen molar-refractivity contribution in [3.05, 3.63) is 0 Å². The maximum Gasteiger partial charge on any atom is 0.404 e. The van der Waals surface area contributed by atoms with Crippen LogP contribution in [0.15, 0.2) is 0 Å². The van der Waals surface area contributed by atoms with Crippen molar-refractivity contribution in [3.8, 4) is 0 Å². The number of amides is 1. The van der Waals surface area contributed by atoms with Crippen LogP contribution in [-0.2, 0) is 0 Å². The van der Waals surface area contributed by atoms with Gasteiger partial charge in [-0.05, 0) is 32.9 Å². The van der Waals surface area contributed by atoms with Crippen molar-refractivity contribution in [2.24, 2.45) is 0 Å². The zero-order valence-electron chi connectivity index (χ0n) is 7.42. The molecule has 1 aliphatic rings. The molecule has 0 aliphatic carbocycles. The molecule has 0 aromatic rings. The highest BCUT2D eigenvalue weighted by atomic mass is 16.4. The molecule has 1 rings (SSSR count).